The Bertz CT molecular complexity index is 1160. The van der Waals surface area contributed by atoms with Crippen molar-refractivity contribution in [1.29, 1.82) is 0 Å². The average molecular weight is 413 g/mol. The van der Waals surface area contributed by atoms with Gasteiger partial charge in [-0.15, -0.1) is 0 Å². The normalized spacial score (nSPS) is 12.7. The van der Waals surface area contributed by atoms with E-state index in [0.29, 0.717) is 22.2 Å². The molecule has 1 heterocycles. The number of carbonyl (C=O) groups is 2. The number of hydrogen-bond acceptors (Lipinski definition) is 6. The minimum atomic E-state index is -0.764. The van der Waals surface area contributed by atoms with Gasteiger partial charge >= 0.3 is 5.97 Å². The first-order chi connectivity index (χ1) is 13.9. The van der Waals surface area contributed by atoms with E-state index in [0.717, 1.165) is 16.9 Å². The van der Waals surface area contributed by atoms with Crippen molar-refractivity contribution in [2.45, 2.75) is 26.3 Å². The number of amides is 1. The standard InChI is InChI=1S/C20H19N3O5S/c1-4-14(19(25)28-3)22-15-6-5-7-16(23(26)27)17(15)29-20(22)21-18(24)13-10-8-12(2)9-11-13/h5-11,14H,4H2,1-3H3. The zero-order chi connectivity index (χ0) is 21.1. The second-order valence-corrected chi connectivity index (χ2v) is 7.34. The zero-order valence-corrected chi connectivity index (χ0v) is 16.9. The number of rotatable bonds is 5. The monoisotopic (exact) mass is 413 g/mol. The molecule has 0 N–H and O–H groups in total. The summed E-state index contributed by atoms with van der Waals surface area (Å²) in [5.74, 6) is -1.00. The van der Waals surface area contributed by atoms with Crippen molar-refractivity contribution in [2.75, 3.05) is 7.11 Å². The molecule has 0 aliphatic heterocycles. The molecule has 8 nitrogen and oxygen atoms in total. The van der Waals surface area contributed by atoms with E-state index in [2.05, 4.69) is 4.99 Å². The Morgan fingerprint density at radius 3 is 2.52 bits per heavy atom. The van der Waals surface area contributed by atoms with Crippen LogP contribution in [0.2, 0.25) is 0 Å². The molecule has 3 aromatic rings. The first kappa shape index (κ1) is 20.4. The molecule has 0 aliphatic carbocycles. The SMILES string of the molecule is CCC(C(=O)OC)n1c(=NC(=O)c2ccc(C)cc2)sc2c([N+](=O)[O-])cccc21. The predicted molar refractivity (Wildman–Crippen MR) is 109 cm³/mol. The zero-order valence-electron chi connectivity index (χ0n) is 16.1. The quantitative estimate of drug-likeness (QED) is 0.360. The molecule has 0 spiro atoms. The number of esters is 1. The number of nitro groups is 1. The maximum Gasteiger partial charge on any atom is 0.328 e. The van der Waals surface area contributed by atoms with Crippen LogP contribution in [0.3, 0.4) is 0 Å². The Labute approximate surface area is 170 Å². The first-order valence-corrected chi connectivity index (χ1v) is 9.71. The number of carbonyl (C=O) groups excluding carboxylic acids is 2. The van der Waals surface area contributed by atoms with Crippen LogP contribution in [-0.4, -0.2) is 28.5 Å². The van der Waals surface area contributed by atoms with Gasteiger partial charge in [-0.25, -0.2) is 4.79 Å². The van der Waals surface area contributed by atoms with E-state index in [4.69, 9.17) is 4.74 Å². The van der Waals surface area contributed by atoms with Crippen LogP contribution < -0.4 is 4.80 Å². The number of nitrogens with zero attached hydrogens (tertiary/aromatic N) is 3. The van der Waals surface area contributed by atoms with E-state index in [1.165, 1.54) is 13.2 Å². The van der Waals surface area contributed by atoms with Crippen LogP contribution in [-0.2, 0) is 9.53 Å². The molecule has 0 saturated heterocycles. The maximum absolute atomic E-state index is 12.7. The number of fused-ring (bicyclic) bond motifs is 1. The molecule has 0 fully saturated rings. The highest BCUT2D eigenvalue weighted by Gasteiger charge is 2.26. The lowest BCUT2D eigenvalue weighted by Gasteiger charge is -2.15. The Kier molecular flexibility index (Phi) is 5.88. The van der Waals surface area contributed by atoms with Gasteiger partial charge in [-0.2, -0.15) is 4.99 Å². The third-order valence-electron chi connectivity index (χ3n) is 4.50. The van der Waals surface area contributed by atoms with Crippen molar-refractivity contribution in [3.63, 3.8) is 0 Å². The topological polar surface area (TPSA) is 104 Å². The summed E-state index contributed by atoms with van der Waals surface area (Å²) < 4.78 is 6.79. The highest BCUT2D eigenvalue weighted by atomic mass is 32.1. The molecule has 9 heteroatoms. The van der Waals surface area contributed by atoms with Gasteiger partial charge in [0.2, 0.25) is 0 Å². The van der Waals surface area contributed by atoms with Gasteiger partial charge in [0.15, 0.2) is 4.80 Å². The van der Waals surface area contributed by atoms with E-state index in [-0.39, 0.29) is 10.5 Å². The van der Waals surface area contributed by atoms with E-state index in [9.17, 15) is 19.7 Å². The molecule has 1 unspecified atom stereocenters. The number of methoxy groups -OCH3 is 1. The summed E-state index contributed by atoms with van der Waals surface area (Å²) in [6, 6.07) is 10.8. The van der Waals surface area contributed by atoms with Crippen molar-refractivity contribution >= 4 is 39.1 Å². The van der Waals surface area contributed by atoms with Gasteiger partial charge < -0.3 is 9.30 Å². The molecule has 0 bridgehead atoms. The third kappa shape index (κ3) is 3.95. The van der Waals surface area contributed by atoms with Crippen LogP contribution in [0.5, 0.6) is 0 Å². The number of hydrogen-bond donors (Lipinski definition) is 0. The van der Waals surface area contributed by atoms with Crippen LogP contribution in [0.4, 0.5) is 5.69 Å². The van der Waals surface area contributed by atoms with E-state index >= 15 is 0 Å². The number of thiazole rings is 1. The van der Waals surface area contributed by atoms with Crippen LogP contribution in [0.1, 0.15) is 35.3 Å². The third-order valence-corrected chi connectivity index (χ3v) is 5.59. The van der Waals surface area contributed by atoms with Crippen LogP contribution in [0, 0.1) is 17.0 Å². The summed E-state index contributed by atoms with van der Waals surface area (Å²) in [5, 5.41) is 11.5. The summed E-state index contributed by atoms with van der Waals surface area (Å²) in [6.45, 7) is 3.70. The molecule has 2 aromatic carbocycles. The lowest BCUT2D eigenvalue weighted by atomic mass is 10.1. The molecule has 150 valence electrons. The second kappa shape index (κ2) is 8.36. The average Bonchev–Trinajstić information content (AvgIpc) is 3.06. The fourth-order valence-electron chi connectivity index (χ4n) is 3.01. The summed E-state index contributed by atoms with van der Waals surface area (Å²) in [4.78, 5) is 40.4. The van der Waals surface area contributed by atoms with Gasteiger partial charge in [-0.1, -0.05) is 42.0 Å². The molecule has 0 radical (unpaired) electrons. The number of ether oxygens (including phenoxy) is 1. The molecule has 1 atom stereocenters. The second-order valence-electron chi connectivity index (χ2n) is 6.37. The van der Waals surface area contributed by atoms with Crippen molar-refractivity contribution in [3.05, 3.63) is 68.5 Å². The summed E-state index contributed by atoms with van der Waals surface area (Å²) in [7, 11) is 1.27. The molecule has 0 saturated carbocycles. The summed E-state index contributed by atoms with van der Waals surface area (Å²) in [5.41, 5.74) is 1.74. The van der Waals surface area contributed by atoms with Gasteiger partial charge in [-0.3, -0.25) is 14.9 Å². The molecular weight excluding hydrogens is 394 g/mol. The number of nitro benzene ring substituents is 1. The molecule has 3 rings (SSSR count). The molecule has 1 amide bonds. The van der Waals surface area contributed by atoms with E-state index in [1.807, 2.05) is 6.92 Å². The molecule has 29 heavy (non-hydrogen) atoms. The lowest BCUT2D eigenvalue weighted by molar-refractivity contribution is -0.382. The number of benzene rings is 2. The van der Waals surface area contributed by atoms with Gasteiger partial charge in [0.1, 0.15) is 10.7 Å². The fraction of sp³-hybridized carbons (Fsp3) is 0.250. The Morgan fingerprint density at radius 2 is 1.93 bits per heavy atom. The van der Waals surface area contributed by atoms with Crippen molar-refractivity contribution < 1.29 is 19.2 Å². The highest BCUT2D eigenvalue weighted by Crippen LogP contribution is 2.30. The first-order valence-electron chi connectivity index (χ1n) is 8.89. The van der Waals surface area contributed by atoms with Gasteiger partial charge in [0.25, 0.3) is 11.6 Å². The number of non-ortho nitro benzene ring substituents is 1. The minimum absolute atomic E-state index is 0.106. The van der Waals surface area contributed by atoms with Gasteiger partial charge in [0, 0.05) is 11.6 Å². The highest BCUT2D eigenvalue weighted by molar-refractivity contribution is 7.17. The Balaban J connectivity index is 2.29. The fourth-order valence-corrected chi connectivity index (χ4v) is 4.16. The van der Waals surface area contributed by atoms with Gasteiger partial charge in [-0.05, 0) is 31.5 Å². The van der Waals surface area contributed by atoms with Gasteiger partial charge in [0.05, 0.1) is 17.5 Å². The Hall–Kier alpha value is -3.33. The molecular formula is C20H19N3O5S. The largest absolute Gasteiger partial charge is 0.467 e. The van der Waals surface area contributed by atoms with Crippen molar-refractivity contribution in [2.24, 2.45) is 4.99 Å². The summed E-state index contributed by atoms with van der Waals surface area (Å²) >= 11 is 1.00. The maximum atomic E-state index is 12.7. The minimum Gasteiger partial charge on any atom is -0.467 e. The van der Waals surface area contributed by atoms with Crippen molar-refractivity contribution in [1.82, 2.24) is 4.57 Å². The van der Waals surface area contributed by atoms with Crippen LogP contribution in [0.15, 0.2) is 47.5 Å². The van der Waals surface area contributed by atoms with Crippen molar-refractivity contribution in [3.8, 4) is 0 Å². The Morgan fingerprint density at radius 1 is 1.24 bits per heavy atom. The van der Waals surface area contributed by atoms with Crippen LogP contribution in [0.25, 0.3) is 10.2 Å². The molecule has 1 aromatic heterocycles. The van der Waals surface area contributed by atoms with E-state index < -0.39 is 22.8 Å². The number of aryl methyl sites for hydroxylation is 1. The number of aromatic nitrogens is 1. The summed E-state index contributed by atoms with van der Waals surface area (Å²) in [6.07, 6.45) is 0.368. The van der Waals surface area contributed by atoms with E-state index in [1.54, 1.807) is 47.9 Å². The smallest absolute Gasteiger partial charge is 0.328 e. The van der Waals surface area contributed by atoms with Crippen LogP contribution >= 0.6 is 11.3 Å². The lowest BCUT2D eigenvalue weighted by Crippen LogP contribution is -2.28. The molecule has 0 aliphatic rings. The predicted octanol–water partition coefficient (Wildman–Crippen LogP) is 3.78.